The third-order valence-electron chi connectivity index (χ3n) is 3.38. The first kappa shape index (κ1) is 17.7. The molecule has 1 heterocycles. The Morgan fingerprint density at radius 3 is 2.22 bits per heavy atom. The maximum atomic E-state index is 13.4. The second-order valence-corrected chi connectivity index (χ2v) is 4.97. The first-order chi connectivity index (χ1) is 10.6. The quantitative estimate of drug-likeness (QED) is 0.828. The molecule has 1 aliphatic rings. The Labute approximate surface area is 127 Å². The number of phenolic OH excluding ortho intramolecular Hbond substituents is 1. The minimum atomic E-state index is -5.11. The van der Waals surface area contributed by atoms with Gasteiger partial charge < -0.3 is 15.2 Å². The van der Waals surface area contributed by atoms with Crippen molar-refractivity contribution in [3.8, 4) is 11.5 Å². The Morgan fingerprint density at radius 2 is 1.70 bits per heavy atom. The molecule has 0 amide bonds. The second kappa shape index (κ2) is 6.44. The predicted molar refractivity (Wildman–Crippen MR) is 68.0 cm³/mol. The number of aromatic hydroxyl groups is 1. The van der Waals surface area contributed by atoms with Crippen molar-refractivity contribution in [3.63, 3.8) is 0 Å². The zero-order chi connectivity index (χ0) is 17.3. The van der Waals surface area contributed by atoms with Gasteiger partial charge in [-0.2, -0.15) is 13.2 Å². The molecule has 23 heavy (non-hydrogen) atoms. The second-order valence-electron chi connectivity index (χ2n) is 4.97. The highest BCUT2D eigenvalue weighted by Crippen LogP contribution is 2.45. The predicted octanol–water partition coefficient (Wildman–Crippen LogP) is 2.80. The van der Waals surface area contributed by atoms with Crippen LogP contribution < -0.4 is 10.1 Å². The van der Waals surface area contributed by atoms with Crippen LogP contribution in [0.5, 0.6) is 11.5 Å². The van der Waals surface area contributed by atoms with E-state index >= 15 is 0 Å². The lowest BCUT2D eigenvalue weighted by Crippen LogP contribution is -2.49. The molecule has 2 N–H and O–H groups in total. The molecular formula is C13H14F6N2O2. The zero-order valence-corrected chi connectivity index (χ0v) is 11.7. The molecule has 0 radical (unpaired) electrons. The van der Waals surface area contributed by atoms with E-state index in [9.17, 15) is 31.4 Å². The largest absolute Gasteiger partial charge is 0.573 e. The van der Waals surface area contributed by atoms with Gasteiger partial charge >= 0.3 is 12.5 Å². The van der Waals surface area contributed by atoms with E-state index < -0.39 is 35.6 Å². The van der Waals surface area contributed by atoms with Gasteiger partial charge in [-0.1, -0.05) is 12.1 Å². The molecule has 1 aliphatic heterocycles. The smallest absolute Gasteiger partial charge is 0.504 e. The fraction of sp³-hybridized carbons (Fsp3) is 0.538. The lowest BCUT2D eigenvalue weighted by Gasteiger charge is -2.36. The van der Waals surface area contributed by atoms with Crippen molar-refractivity contribution in [1.29, 1.82) is 0 Å². The summed E-state index contributed by atoms with van der Waals surface area (Å²) < 4.78 is 80.6. The summed E-state index contributed by atoms with van der Waals surface area (Å²) in [5.41, 5.74) is -0.666. The number of para-hydroxylation sites is 1. The number of nitrogens with zero attached hydrogens (tertiary/aromatic N) is 1. The number of benzene rings is 1. The Kier molecular flexibility index (Phi) is 4.95. The van der Waals surface area contributed by atoms with Crippen LogP contribution in [0.2, 0.25) is 0 Å². The van der Waals surface area contributed by atoms with Crippen LogP contribution in [-0.2, 0) is 0 Å². The summed E-state index contributed by atoms with van der Waals surface area (Å²) in [7, 11) is 0. The number of piperazine rings is 1. The summed E-state index contributed by atoms with van der Waals surface area (Å²) in [5, 5.41) is 12.7. The highest BCUT2D eigenvalue weighted by atomic mass is 19.4. The number of halogens is 6. The van der Waals surface area contributed by atoms with E-state index in [0.29, 0.717) is 13.1 Å². The Morgan fingerprint density at radius 1 is 1.09 bits per heavy atom. The average Bonchev–Trinajstić information content (AvgIpc) is 2.41. The molecule has 1 atom stereocenters. The summed E-state index contributed by atoms with van der Waals surface area (Å²) in [6, 6.07) is 0.481. The number of nitrogens with one attached hydrogen (secondary N) is 1. The maximum absolute atomic E-state index is 13.4. The SMILES string of the molecule is Oc1c(OC(F)(F)F)cccc1[C@H](N1CCNCC1)C(F)(F)F. The fourth-order valence-corrected chi connectivity index (χ4v) is 2.49. The van der Waals surface area contributed by atoms with Crippen molar-refractivity contribution < 1.29 is 36.2 Å². The van der Waals surface area contributed by atoms with Gasteiger partial charge in [0.05, 0.1) is 0 Å². The van der Waals surface area contributed by atoms with Gasteiger partial charge in [-0.05, 0) is 6.07 Å². The van der Waals surface area contributed by atoms with E-state index in [1.807, 2.05) is 0 Å². The van der Waals surface area contributed by atoms with E-state index in [0.717, 1.165) is 23.1 Å². The van der Waals surface area contributed by atoms with E-state index in [2.05, 4.69) is 10.1 Å². The van der Waals surface area contributed by atoms with E-state index in [1.165, 1.54) is 0 Å². The number of hydrogen-bond acceptors (Lipinski definition) is 4. The van der Waals surface area contributed by atoms with E-state index in [4.69, 9.17) is 0 Å². The molecule has 1 aromatic rings. The van der Waals surface area contributed by atoms with Gasteiger partial charge in [0.1, 0.15) is 6.04 Å². The van der Waals surface area contributed by atoms with Crippen molar-refractivity contribution in [1.82, 2.24) is 10.2 Å². The molecule has 1 saturated heterocycles. The van der Waals surface area contributed by atoms with Gasteiger partial charge in [0.15, 0.2) is 11.5 Å². The third kappa shape index (κ3) is 4.41. The van der Waals surface area contributed by atoms with E-state index in [-0.39, 0.29) is 13.1 Å². The van der Waals surface area contributed by atoms with Crippen LogP contribution in [0.15, 0.2) is 18.2 Å². The van der Waals surface area contributed by atoms with Gasteiger partial charge in [-0.3, -0.25) is 4.90 Å². The van der Waals surface area contributed by atoms with Crippen LogP contribution in [0.4, 0.5) is 26.3 Å². The number of phenols is 1. The molecule has 0 spiro atoms. The van der Waals surface area contributed by atoms with Crippen LogP contribution in [0.3, 0.4) is 0 Å². The standard InChI is InChI=1S/C13H14F6N2O2/c14-12(15,16)11(21-6-4-20-5-7-21)8-2-1-3-9(10(8)22)23-13(17,18)19/h1-3,11,20,22H,4-7H2/t11-/m0/s1. The van der Waals surface area contributed by atoms with Gasteiger partial charge in [0.25, 0.3) is 0 Å². The third-order valence-corrected chi connectivity index (χ3v) is 3.38. The Hall–Kier alpha value is -1.68. The van der Waals surface area contributed by atoms with Gasteiger partial charge in [0.2, 0.25) is 0 Å². The topological polar surface area (TPSA) is 44.7 Å². The minimum absolute atomic E-state index is 0.0496. The van der Waals surface area contributed by atoms with Crippen LogP contribution in [0, 0.1) is 0 Å². The van der Waals surface area contributed by atoms with Gasteiger partial charge in [0, 0.05) is 31.7 Å². The molecule has 10 heteroatoms. The molecule has 4 nitrogen and oxygen atoms in total. The van der Waals surface area contributed by atoms with Gasteiger partial charge in [-0.15, -0.1) is 13.2 Å². The summed E-state index contributed by atoms with van der Waals surface area (Å²) in [5.74, 6) is -2.22. The molecule has 2 rings (SSSR count). The van der Waals surface area contributed by atoms with Gasteiger partial charge in [-0.25, -0.2) is 0 Å². The minimum Gasteiger partial charge on any atom is -0.504 e. The highest BCUT2D eigenvalue weighted by molar-refractivity contribution is 5.47. The van der Waals surface area contributed by atoms with Crippen molar-refractivity contribution in [3.05, 3.63) is 23.8 Å². The normalized spacial score (nSPS) is 18.7. The first-order valence-electron chi connectivity index (χ1n) is 6.68. The molecule has 1 aromatic carbocycles. The number of ether oxygens (including phenoxy) is 1. The number of rotatable bonds is 3. The first-order valence-corrected chi connectivity index (χ1v) is 6.68. The lowest BCUT2D eigenvalue weighted by molar-refractivity contribution is -0.275. The molecule has 0 unspecified atom stereocenters. The van der Waals surface area contributed by atoms with Crippen molar-refractivity contribution in [2.24, 2.45) is 0 Å². The molecule has 0 saturated carbocycles. The summed E-state index contributed by atoms with van der Waals surface area (Å²) in [6.07, 6.45) is -9.87. The molecular weight excluding hydrogens is 330 g/mol. The molecule has 0 aliphatic carbocycles. The molecule has 0 aromatic heterocycles. The van der Waals surface area contributed by atoms with Crippen LogP contribution in [0.1, 0.15) is 11.6 Å². The molecule has 130 valence electrons. The van der Waals surface area contributed by atoms with Crippen molar-refractivity contribution in [2.75, 3.05) is 26.2 Å². The van der Waals surface area contributed by atoms with Crippen molar-refractivity contribution in [2.45, 2.75) is 18.6 Å². The van der Waals surface area contributed by atoms with Crippen LogP contribution in [0.25, 0.3) is 0 Å². The number of alkyl halides is 6. The van der Waals surface area contributed by atoms with E-state index in [1.54, 1.807) is 0 Å². The Balaban J connectivity index is 2.40. The Bertz CT molecular complexity index is 540. The van der Waals surface area contributed by atoms with Crippen molar-refractivity contribution >= 4 is 0 Å². The maximum Gasteiger partial charge on any atom is 0.573 e. The van der Waals surface area contributed by atoms with Crippen LogP contribution >= 0.6 is 0 Å². The summed E-state index contributed by atoms with van der Waals surface area (Å²) in [4.78, 5) is 1.06. The fourth-order valence-electron chi connectivity index (χ4n) is 2.49. The number of hydrogen-bond donors (Lipinski definition) is 2. The summed E-state index contributed by atoms with van der Waals surface area (Å²) >= 11 is 0. The zero-order valence-electron chi connectivity index (χ0n) is 11.7. The highest BCUT2D eigenvalue weighted by Gasteiger charge is 2.46. The molecule has 0 bridgehead atoms. The summed E-state index contributed by atoms with van der Waals surface area (Å²) in [6.45, 7) is 0.722. The average molecular weight is 344 g/mol. The van der Waals surface area contributed by atoms with Crippen LogP contribution in [-0.4, -0.2) is 48.7 Å². The molecule has 1 fully saturated rings. The lowest BCUT2D eigenvalue weighted by atomic mass is 10.0. The monoisotopic (exact) mass is 344 g/mol.